The molecule has 0 bridgehead atoms. The molecule has 2 aromatic heterocycles. The Morgan fingerprint density at radius 1 is 1.06 bits per heavy atom. The van der Waals surface area contributed by atoms with Gasteiger partial charge >= 0.3 is 0 Å². The second-order valence-electron chi connectivity index (χ2n) is 12.3. The van der Waals surface area contributed by atoms with Crippen LogP contribution in [0.3, 0.4) is 0 Å². The van der Waals surface area contributed by atoms with Gasteiger partial charge in [0.15, 0.2) is 5.78 Å². The number of carbonyl (C=O) groups excluding carboxylic acids is 1. The van der Waals surface area contributed by atoms with E-state index in [0.29, 0.717) is 29.2 Å². The molecule has 6 heteroatoms. The van der Waals surface area contributed by atoms with Crippen LogP contribution in [-0.4, -0.2) is 31.3 Å². The first-order valence-corrected chi connectivity index (χ1v) is 13.5. The van der Waals surface area contributed by atoms with Crippen LogP contribution in [0.5, 0.6) is 0 Å². The molecule has 0 saturated heterocycles. The van der Waals surface area contributed by atoms with E-state index in [9.17, 15) is 9.90 Å². The van der Waals surface area contributed by atoms with Gasteiger partial charge in [-0.05, 0) is 105 Å². The number of halogens is 1. The number of ketones is 1. The summed E-state index contributed by atoms with van der Waals surface area (Å²) in [5, 5.41) is 15.7. The molecule has 5 aliphatic rings. The monoisotopic (exact) mass is 467 g/mol. The Hall–Kier alpha value is -1.46. The van der Waals surface area contributed by atoms with Crippen LogP contribution in [0, 0.1) is 46.8 Å². The molecule has 9 atom stereocenters. The number of hydrogen-bond acceptors (Lipinski definition) is 4. The minimum absolute atomic E-state index is 0.124. The average Bonchev–Trinajstić information content (AvgIpc) is 3.16. The quantitative estimate of drug-likeness (QED) is 0.666. The minimum atomic E-state index is -0.293. The Morgan fingerprint density at radius 2 is 1.82 bits per heavy atom. The highest BCUT2D eigenvalue weighted by atomic mass is 35.5. The molecule has 0 radical (unpaired) electrons. The normalized spacial score (nSPS) is 45.7. The first-order valence-electron chi connectivity index (χ1n) is 13.1. The van der Waals surface area contributed by atoms with Crippen LogP contribution in [0.2, 0.25) is 5.02 Å². The second kappa shape index (κ2) is 7.04. The molecule has 2 aromatic rings. The van der Waals surface area contributed by atoms with Gasteiger partial charge < -0.3 is 5.11 Å². The van der Waals surface area contributed by atoms with Gasteiger partial charge in [0.2, 0.25) is 0 Å². The lowest BCUT2D eigenvalue weighted by atomic mass is 9.49. The summed E-state index contributed by atoms with van der Waals surface area (Å²) in [5.41, 5.74) is 1.46. The predicted octanol–water partition coefficient (Wildman–Crippen LogP) is 5.28. The molecular formula is C27H34ClN3O2. The standard InChI is InChI=1S/C27H34ClN3O2/c1-26-8-6-16-17-7-9-27(33)11-22(27)19(17)3-2-18(16)20(26)4-5-21(26)25(32)14-31-24-10-15(28)12-29-23(24)13-30-31/h10,12-13,16-22,33H,2-9,11,14H2,1H3/t16-,17-,18-,19+,20+,21-,22?,26+,27+/m1/s1. The van der Waals surface area contributed by atoms with Gasteiger partial charge in [0.05, 0.1) is 22.3 Å². The molecule has 2 heterocycles. The van der Waals surface area contributed by atoms with Gasteiger partial charge in [-0.1, -0.05) is 18.5 Å². The van der Waals surface area contributed by atoms with Crippen LogP contribution in [0.25, 0.3) is 11.0 Å². The molecule has 7 rings (SSSR count). The van der Waals surface area contributed by atoms with Crippen LogP contribution in [0.4, 0.5) is 0 Å². The van der Waals surface area contributed by atoms with E-state index in [1.165, 1.54) is 38.5 Å². The highest BCUT2D eigenvalue weighted by molar-refractivity contribution is 6.31. The third-order valence-corrected chi connectivity index (χ3v) is 11.3. The maximum atomic E-state index is 13.6. The maximum Gasteiger partial charge on any atom is 0.157 e. The predicted molar refractivity (Wildman–Crippen MR) is 127 cm³/mol. The fourth-order valence-electron chi connectivity index (χ4n) is 9.53. The largest absolute Gasteiger partial charge is 0.390 e. The molecular weight excluding hydrogens is 434 g/mol. The van der Waals surface area contributed by atoms with Crippen LogP contribution in [0.15, 0.2) is 18.5 Å². The molecule has 0 spiro atoms. The summed E-state index contributed by atoms with van der Waals surface area (Å²) in [4.78, 5) is 18.0. The topological polar surface area (TPSA) is 68.0 Å². The van der Waals surface area contributed by atoms with Crippen molar-refractivity contribution in [2.24, 2.45) is 46.8 Å². The summed E-state index contributed by atoms with van der Waals surface area (Å²) in [5.74, 6) is 4.92. The maximum absolute atomic E-state index is 13.6. The van der Waals surface area contributed by atoms with Crippen molar-refractivity contribution in [2.75, 3.05) is 0 Å². The van der Waals surface area contributed by atoms with Gasteiger partial charge in [-0.25, -0.2) is 0 Å². The summed E-state index contributed by atoms with van der Waals surface area (Å²) >= 11 is 6.15. The lowest BCUT2D eigenvalue weighted by molar-refractivity contribution is -0.131. The fourth-order valence-corrected chi connectivity index (χ4v) is 9.68. The van der Waals surface area contributed by atoms with Gasteiger partial charge in [0.25, 0.3) is 0 Å². The number of aliphatic hydroxyl groups is 1. The van der Waals surface area contributed by atoms with Crippen molar-refractivity contribution in [3.63, 3.8) is 0 Å². The number of fused-ring (bicyclic) bond motifs is 8. The van der Waals surface area contributed by atoms with Gasteiger partial charge in [0.1, 0.15) is 12.1 Å². The molecule has 0 aromatic carbocycles. The Morgan fingerprint density at radius 3 is 2.64 bits per heavy atom. The summed E-state index contributed by atoms with van der Waals surface area (Å²) in [6.45, 7) is 2.74. The number of Topliss-reactive ketones (excluding diaryl/α,β-unsaturated/α-hetero) is 1. The molecule has 0 aliphatic heterocycles. The van der Waals surface area contributed by atoms with Gasteiger partial charge in [-0.3, -0.25) is 14.5 Å². The van der Waals surface area contributed by atoms with Gasteiger partial charge in [0, 0.05) is 12.1 Å². The molecule has 176 valence electrons. The van der Waals surface area contributed by atoms with E-state index in [0.717, 1.165) is 54.0 Å². The molecule has 33 heavy (non-hydrogen) atoms. The lowest BCUT2D eigenvalue weighted by Gasteiger charge is -2.56. The van der Waals surface area contributed by atoms with E-state index in [-0.39, 0.29) is 16.9 Å². The molecule has 0 amide bonds. The lowest BCUT2D eigenvalue weighted by Crippen LogP contribution is -2.50. The smallest absolute Gasteiger partial charge is 0.157 e. The first-order chi connectivity index (χ1) is 15.9. The zero-order valence-corrected chi connectivity index (χ0v) is 20.2. The average molecular weight is 468 g/mol. The Bertz CT molecular complexity index is 1130. The highest BCUT2D eigenvalue weighted by Gasteiger charge is 2.65. The van der Waals surface area contributed by atoms with Crippen molar-refractivity contribution < 1.29 is 9.90 Å². The molecule has 1 unspecified atom stereocenters. The Balaban J connectivity index is 1.11. The van der Waals surface area contributed by atoms with Gasteiger partial charge in [-0.15, -0.1) is 0 Å². The summed E-state index contributed by atoms with van der Waals surface area (Å²) in [6, 6.07) is 1.86. The van der Waals surface area contributed by atoms with Crippen LogP contribution < -0.4 is 0 Å². The number of rotatable bonds is 3. The summed E-state index contributed by atoms with van der Waals surface area (Å²) in [6.07, 6.45) is 14.0. The zero-order chi connectivity index (χ0) is 22.5. The zero-order valence-electron chi connectivity index (χ0n) is 19.4. The minimum Gasteiger partial charge on any atom is -0.390 e. The number of nitrogens with zero attached hydrogens (tertiary/aromatic N) is 3. The molecule has 5 aliphatic carbocycles. The van der Waals surface area contributed by atoms with Crippen molar-refractivity contribution in [1.82, 2.24) is 14.8 Å². The number of carbonyl (C=O) groups is 1. The summed E-state index contributed by atoms with van der Waals surface area (Å²) < 4.78 is 1.79. The van der Waals surface area contributed by atoms with E-state index in [2.05, 4.69) is 17.0 Å². The van der Waals surface area contributed by atoms with Crippen LogP contribution >= 0.6 is 11.6 Å². The summed E-state index contributed by atoms with van der Waals surface area (Å²) in [7, 11) is 0. The van der Waals surface area contributed by atoms with E-state index in [1.54, 1.807) is 17.1 Å². The van der Waals surface area contributed by atoms with E-state index in [1.807, 2.05) is 6.07 Å². The highest BCUT2D eigenvalue weighted by Crippen LogP contribution is 2.68. The third-order valence-electron chi connectivity index (χ3n) is 11.1. The van der Waals surface area contributed by atoms with Crippen LogP contribution in [-0.2, 0) is 11.3 Å². The fraction of sp³-hybridized carbons (Fsp3) is 0.741. The van der Waals surface area contributed by atoms with Crippen molar-refractivity contribution in [2.45, 2.75) is 76.9 Å². The van der Waals surface area contributed by atoms with Crippen molar-refractivity contribution in [3.8, 4) is 0 Å². The van der Waals surface area contributed by atoms with E-state index in [4.69, 9.17) is 11.6 Å². The first kappa shape index (κ1) is 20.9. The third kappa shape index (κ3) is 2.97. The number of aromatic nitrogens is 3. The molecule has 5 fully saturated rings. The van der Waals surface area contributed by atoms with E-state index < -0.39 is 0 Å². The van der Waals surface area contributed by atoms with Crippen LogP contribution in [0.1, 0.15) is 64.7 Å². The number of hydrogen-bond donors (Lipinski definition) is 1. The SMILES string of the molecule is C[C@]12CC[C@@H]3[C@H]4CC[C@]5(O)CC5[C@H]4CC[C@H]3[C@@H]1CC[C@@H]2C(=O)Cn1ncc2ncc(Cl)cc21. The van der Waals surface area contributed by atoms with E-state index >= 15 is 0 Å². The molecule has 1 N–H and O–H groups in total. The Labute approximate surface area is 200 Å². The van der Waals surface area contributed by atoms with Gasteiger partial charge in [-0.2, -0.15) is 5.10 Å². The molecule has 5 saturated carbocycles. The number of pyridine rings is 1. The van der Waals surface area contributed by atoms with Crippen molar-refractivity contribution >= 4 is 28.4 Å². The van der Waals surface area contributed by atoms with Crippen molar-refractivity contribution in [3.05, 3.63) is 23.5 Å². The molecule has 5 nitrogen and oxygen atoms in total. The Kier molecular flexibility index (Phi) is 4.45. The second-order valence-corrected chi connectivity index (χ2v) is 12.7. The van der Waals surface area contributed by atoms with Crippen molar-refractivity contribution in [1.29, 1.82) is 0 Å².